The number of rotatable bonds is 6. The third kappa shape index (κ3) is 7.07. The van der Waals surface area contributed by atoms with Crippen LogP contribution < -0.4 is 11.5 Å². The molecular weight excluding hydrogens is 220 g/mol. The van der Waals surface area contributed by atoms with Gasteiger partial charge < -0.3 is 16.2 Å². The third-order valence-electron chi connectivity index (χ3n) is 2.26. The largest absolute Gasteiger partial charge is 0.391 e. The highest BCUT2D eigenvalue weighted by Gasteiger charge is 2.24. The van der Waals surface area contributed by atoms with Gasteiger partial charge in [0.15, 0.2) is 0 Å². The van der Waals surface area contributed by atoms with Gasteiger partial charge in [0, 0.05) is 0 Å². The van der Waals surface area contributed by atoms with E-state index >= 15 is 0 Å². The highest BCUT2D eigenvalue weighted by Crippen LogP contribution is 2.07. The Hall–Kier alpha value is -0.940. The number of ether oxygens (including phenoxy) is 1. The van der Waals surface area contributed by atoms with E-state index in [4.69, 9.17) is 11.5 Å². The summed E-state index contributed by atoms with van der Waals surface area (Å²) in [4.78, 5) is 22.9. The van der Waals surface area contributed by atoms with E-state index in [1.165, 1.54) is 0 Å². The van der Waals surface area contributed by atoms with Crippen molar-refractivity contribution in [3.63, 3.8) is 0 Å². The highest BCUT2D eigenvalue weighted by atomic mass is 16.6. The van der Waals surface area contributed by atoms with Gasteiger partial charge >= 0.3 is 11.9 Å². The molecule has 0 aliphatic rings. The molecular formula is C12H24N2O3. The molecule has 0 radical (unpaired) electrons. The molecule has 5 nitrogen and oxygen atoms in total. The third-order valence-corrected chi connectivity index (χ3v) is 2.26. The molecule has 0 amide bonds. The van der Waals surface area contributed by atoms with Crippen molar-refractivity contribution in [3.8, 4) is 0 Å². The van der Waals surface area contributed by atoms with Crippen molar-refractivity contribution in [1.82, 2.24) is 0 Å². The van der Waals surface area contributed by atoms with Gasteiger partial charge in [0.2, 0.25) is 0 Å². The maximum absolute atomic E-state index is 11.5. The van der Waals surface area contributed by atoms with Gasteiger partial charge in [0.25, 0.3) is 0 Å². The Morgan fingerprint density at radius 3 is 1.41 bits per heavy atom. The quantitative estimate of drug-likeness (QED) is 0.532. The molecule has 0 spiro atoms. The Balaban J connectivity index is 4.15. The van der Waals surface area contributed by atoms with Gasteiger partial charge in [0.05, 0.1) is 0 Å². The van der Waals surface area contributed by atoms with E-state index in [1.807, 2.05) is 27.7 Å². The SMILES string of the molecule is CC(C)C[C@@H](N)C(=O)OC(=O)[C@@H](N)CC(C)C. The maximum Gasteiger partial charge on any atom is 0.330 e. The van der Waals surface area contributed by atoms with E-state index in [9.17, 15) is 9.59 Å². The molecule has 0 aromatic heterocycles. The second-order valence-electron chi connectivity index (χ2n) is 5.21. The van der Waals surface area contributed by atoms with Gasteiger partial charge in [-0.2, -0.15) is 0 Å². The lowest BCUT2D eigenvalue weighted by Crippen LogP contribution is -2.40. The molecule has 0 fully saturated rings. The molecule has 4 N–H and O–H groups in total. The number of esters is 2. The Morgan fingerprint density at radius 1 is 0.882 bits per heavy atom. The van der Waals surface area contributed by atoms with Crippen molar-refractivity contribution in [2.45, 2.75) is 52.6 Å². The van der Waals surface area contributed by atoms with Gasteiger partial charge in [-0.25, -0.2) is 9.59 Å². The van der Waals surface area contributed by atoms with Crippen molar-refractivity contribution in [2.75, 3.05) is 0 Å². The van der Waals surface area contributed by atoms with Crippen LogP contribution in [-0.2, 0) is 14.3 Å². The first kappa shape index (κ1) is 16.1. The number of carbonyl (C=O) groups is 2. The number of carbonyl (C=O) groups excluding carboxylic acids is 2. The van der Waals surface area contributed by atoms with Crippen molar-refractivity contribution in [1.29, 1.82) is 0 Å². The average Bonchev–Trinajstić information content (AvgIpc) is 2.15. The maximum atomic E-state index is 11.5. The molecule has 0 saturated heterocycles. The summed E-state index contributed by atoms with van der Waals surface area (Å²) >= 11 is 0. The van der Waals surface area contributed by atoms with Crippen LogP contribution in [0, 0.1) is 11.8 Å². The number of nitrogens with two attached hydrogens (primary N) is 2. The van der Waals surface area contributed by atoms with E-state index in [0.717, 1.165) is 0 Å². The first-order valence-corrected chi connectivity index (χ1v) is 6.00. The first-order chi connectivity index (χ1) is 7.73. The van der Waals surface area contributed by atoms with Crippen LogP contribution in [0.5, 0.6) is 0 Å². The molecule has 2 atom stereocenters. The van der Waals surface area contributed by atoms with Crippen molar-refractivity contribution in [3.05, 3.63) is 0 Å². The van der Waals surface area contributed by atoms with Crippen LogP contribution in [0.3, 0.4) is 0 Å². The van der Waals surface area contributed by atoms with E-state index in [2.05, 4.69) is 4.74 Å². The summed E-state index contributed by atoms with van der Waals surface area (Å²) in [6.45, 7) is 7.78. The zero-order valence-corrected chi connectivity index (χ0v) is 11.1. The van der Waals surface area contributed by atoms with Gasteiger partial charge in [-0.05, 0) is 24.7 Å². The van der Waals surface area contributed by atoms with Crippen molar-refractivity contribution in [2.24, 2.45) is 23.3 Å². The Labute approximate surface area is 103 Å². The molecule has 17 heavy (non-hydrogen) atoms. The van der Waals surface area contributed by atoms with Crippen LogP contribution in [0.4, 0.5) is 0 Å². The molecule has 0 rings (SSSR count). The van der Waals surface area contributed by atoms with Crippen LogP contribution in [0.25, 0.3) is 0 Å². The molecule has 0 aliphatic heterocycles. The summed E-state index contributed by atoms with van der Waals surface area (Å²) in [5.41, 5.74) is 11.2. The fourth-order valence-corrected chi connectivity index (χ4v) is 1.46. The van der Waals surface area contributed by atoms with Crippen molar-refractivity contribution < 1.29 is 14.3 Å². The fourth-order valence-electron chi connectivity index (χ4n) is 1.46. The Morgan fingerprint density at radius 2 is 1.18 bits per heavy atom. The lowest BCUT2D eigenvalue weighted by Gasteiger charge is -2.15. The molecule has 0 aromatic carbocycles. The van der Waals surface area contributed by atoms with Gasteiger partial charge in [-0.3, -0.25) is 0 Å². The topological polar surface area (TPSA) is 95.4 Å². The van der Waals surface area contributed by atoms with Crippen LogP contribution in [0.15, 0.2) is 0 Å². The van der Waals surface area contributed by atoms with E-state index in [0.29, 0.717) is 12.8 Å². The van der Waals surface area contributed by atoms with Crippen LogP contribution in [0.1, 0.15) is 40.5 Å². The minimum Gasteiger partial charge on any atom is -0.391 e. The second kappa shape index (κ2) is 7.40. The summed E-state index contributed by atoms with van der Waals surface area (Å²) < 4.78 is 4.65. The second-order valence-corrected chi connectivity index (χ2v) is 5.21. The zero-order chi connectivity index (χ0) is 13.6. The number of hydrogen-bond donors (Lipinski definition) is 2. The lowest BCUT2D eigenvalue weighted by molar-refractivity contribution is -0.162. The Kier molecular flexibility index (Phi) is 6.99. The minimum atomic E-state index is -0.759. The predicted octanol–water partition coefficient (Wildman–Crippen LogP) is 0.803. The molecule has 0 heterocycles. The predicted molar refractivity (Wildman–Crippen MR) is 66.0 cm³/mol. The van der Waals surface area contributed by atoms with Crippen LogP contribution in [-0.4, -0.2) is 24.0 Å². The minimum absolute atomic E-state index is 0.275. The number of hydrogen-bond acceptors (Lipinski definition) is 5. The van der Waals surface area contributed by atoms with Crippen LogP contribution in [0.2, 0.25) is 0 Å². The first-order valence-electron chi connectivity index (χ1n) is 6.00. The summed E-state index contributed by atoms with van der Waals surface area (Å²) in [6, 6.07) is -1.52. The lowest BCUT2D eigenvalue weighted by atomic mass is 10.0. The highest BCUT2D eigenvalue weighted by molar-refractivity contribution is 5.90. The van der Waals surface area contributed by atoms with Gasteiger partial charge in [0.1, 0.15) is 12.1 Å². The van der Waals surface area contributed by atoms with Crippen molar-refractivity contribution >= 4 is 11.9 Å². The molecule has 0 bridgehead atoms. The molecule has 5 heteroatoms. The van der Waals surface area contributed by atoms with Gasteiger partial charge in [-0.1, -0.05) is 27.7 Å². The van der Waals surface area contributed by atoms with E-state index < -0.39 is 24.0 Å². The summed E-state index contributed by atoms with van der Waals surface area (Å²) in [7, 11) is 0. The van der Waals surface area contributed by atoms with E-state index in [1.54, 1.807) is 0 Å². The fraction of sp³-hybridized carbons (Fsp3) is 0.833. The monoisotopic (exact) mass is 244 g/mol. The summed E-state index contributed by atoms with van der Waals surface area (Å²) in [6.07, 6.45) is 0.983. The van der Waals surface area contributed by atoms with Gasteiger partial charge in [-0.15, -0.1) is 0 Å². The molecule has 100 valence electrons. The molecule has 0 aromatic rings. The summed E-state index contributed by atoms with van der Waals surface area (Å²) in [5.74, 6) is -0.834. The smallest absolute Gasteiger partial charge is 0.330 e. The molecule has 0 aliphatic carbocycles. The Bertz CT molecular complexity index is 238. The zero-order valence-electron chi connectivity index (χ0n) is 11.1. The van der Waals surface area contributed by atoms with Crippen LogP contribution >= 0.6 is 0 Å². The molecule has 0 saturated carbocycles. The average molecular weight is 244 g/mol. The van der Waals surface area contributed by atoms with E-state index in [-0.39, 0.29) is 11.8 Å². The normalized spacial score (nSPS) is 14.8. The summed E-state index contributed by atoms with van der Waals surface area (Å²) in [5, 5.41) is 0. The molecule has 0 unspecified atom stereocenters. The standard InChI is InChI=1S/C12H24N2O3/c1-7(2)5-9(13)11(15)17-12(16)10(14)6-8(3)4/h7-10H,5-6,13-14H2,1-4H3/t9-,10+.